The summed E-state index contributed by atoms with van der Waals surface area (Å²) in [5, 5.41) is 2.84. The third-order valence-electron chi connectivity index (χ3n) is 4.16. The van der Waals surface area contributed by atoms with E-state index in [0.29, 0.717) is 12.4 Å². The van der Waals surface area contributed by atoms with Crippen molar-refractivity contribution in [3.05, 3.63) is 53.6 Å². The molecule has 0 radical (unpaired) electrons. The molecule has 0 aromatic heterocycles. The van der Waals surface area contributed by atoms with Gasteiger partial charge >= 0.3 is 0 Å². The molecule has 146 valence electrons. The zero-order valence-electron chi connectivity index (χ0n) is 16.1. The first-order valence-electron chi connectivity index (χ1n) is 8.93. The minimum absolute atomic E-state index is 0.0794. The van der Waals surface area contributed by atoms with Crippen LogP contribution in [0, 0.1) is 6.92 Å². The van der Waals surface area contributed by atoms with E-state index in [-0.39, 0.29) is 4.90 Å². The molecule has 7 heteroatoms. The van der Waals surface area contributed by atoms with Crippen LogP contribution < -0.4 is 14.8 Å². The monoisotopic (exact) mass is 390 g/mol. The van der Waals surface area contributed by atoms with Gasteiger partial charge in [0.25, 0.3) is 0 Å². The third kappa shape index (κ3) is 5.30. The van der Waals surface area contributed by atoms with E-state index in [1.54, 1.807) is 12.1 Å². The van der Waals surface area contributed by atoms with Crippen molar-refractivity contribution in [1.29, 1.82) is 0 Å². The summed E-state index contributed by atoms with van der Waals surface area (Å²) in [7, 11) is -3.82. The normalized spacial score (nSPS) is 12.4. The Bertz CT molecular complexity index is 893. The van der Waals surface area contributed by atoms with Crippen molar-refractivity contribution >= 4 is 21.6 Å². The van der Waals surface area contributed by atoms with E-state index < -0.39 is 22.0 Å². The zero-order valence-corrected chi connectivity index (χ0v) is 16.9. The smallest absolute Gasteiger partial charge is 0.242 e. The highest BCUT2D eigenvalue weighted by molar-refractivity contribution is 7.89. The second kappa shape index (κ2) is 9.01. The first-order valence-corrected chi connectivity index (χ1v) is 10.4. The van der Waals surface area contributed by atoms with Gasteiger partial charge in [-0.15, -0.1) is 0 Å². The van der Waals surface area contributed by atoms with Crippen LogP contribution in [0.25, 0.3) is 0 Å². The van der Waals surface area contributed by atoms with Gasteiger partial charge in [0.05, 0.1) is 17.5 Å². The highest BCUT2D eigenvalue weighted by atomic mass is 32.2. The van der Waals surface area contributed by atoms with Gasteiger partial charge < -0.3 is 10.1 Å². The second-order valence-electron chi connectivity index (χ2n) is 6.20. The predicted molar refractivity (Wildman–Crippen MR) is 107 cm³/mol. The fourth-order valence-corrected chi connectivity index (χ4v) is 3.87. The quantitative estimate of drug-likeness (QED) is 0.725. The van der Waals surface area contributed by atoms with Gasteiger partial charge in [-0.3, -0.25) is 4.79 Å². The van der Waals surface area contributed by atoms with Gasteiger partial charge in [0.15, 0.2) is 0 Å². The number of anilines is 1. The summed E-state index contributed by atoms with van der Waals surface area (Å²) in [6.45, 7) is 7.78. The van der Waals surface area contributed by atoms with Gasteiger partial charge in [0, 0.05) is 5.69 Å². The summed E-state index contributed by atoms with van der Waals surface area (Å²) in [4.78, 5) is 12.6. The summed E-state index contributed by atoms with van der Waals surface area (Å²) in [5.74, 6) is 0.183. The van der Waals surface area contributed by atoms with Crippen LogP contribution in [-0.2, 0) is 21.2 Å². The van der Waals surface area contributed by atoms with Crippen LogP contribution >= 0.6 is 0 Å². The molecule has 2 rings (SSSR count). The summed E-state index contributed by atoms with van der Waals surface area (Å²) in [5.41, 5.74) is 2.67. The Labute approximate surface area is 161 Å². The number of hydrogen-bond donors (Lipinski definition) is 2. The van der Waals surface area contributed by atoms with E-state index in [1.807, 2.05) is 39.0 Å². The fourth-order valence-electron chi connectivity index (χ4n) is 2.67. The van der Waals surface area contributed by atoms with Gasteiger partial charge in [-0.05, 0) is 62.6 Å². The lowest BCUT2D eigenvalue weighted by atomic mass is 10.1. The molecule has 0 aliphatic heterocycles. The average molecular weight is 391 g/mol. The number of carbonyl (C=O) groups excluding carboxylic acids is 1. The minimum atomic E-state index is -3.82. The average Bonchev–Trinajstić information content (AvgIpc) is 2.63. The summed E-state index contributed by atoms with van der Waals surface area (Å²) < 4.78 is 32.8. The number of nitrogens with one attached hydrogen (secondary N) is 2. The molecule has 0 unspecified atom stereocenters. The molecule has 27 heavy (non-hydrogen) atoms. The molecule has 0 aliphatic carbocycles. The molecule has 0 spiro atoms. The third-order valence-corrected chi connectivity index (χ3v) is 5.72. The minimum Gasteiger partial charge on any atom is -0.494 e. The van der Waals surface area contributed by atoms with Crippen LogP contribution in [0.3, 0.4) is 0 Å². The molecule has 1 amide bonds. The van der Waals surface area contributed by atoms with E-state index in [4.69, 9.17) is 4.74 Å². The molecule has 0 bridgehead atoms. The first kappa shape index (κ1) is 20.9. The number of carbonyl (C=O) groups is 1. The SMILES string of the molecule is CCOc1ccc(S(=O)(=O)N[C@H](C)C(=O)Nc2c(C)cccc2CC)cc1. The molecule has 2 aromatic carbocycles. The van der Waals surface area contributed by atoms with Crippen molar-refractivity contribution < 1.29 is 17.9 Å². The number of sulfonamides is 1. The number of amides is 1. The van der Waals surface area contributed by atoms with Crippen LogP contribution in [0.1, 0.15) is 31.9 Å². The number of benzene rings is 2. The highest BCUT2D eigenvalue weighted by Gasteiger charge is 2.23. The van der Waals surface area contributed by atoms with Crippen molar-refractivity contribution in [2.75, 3.05) is 11.9 Å². The van der Waals surface area contributed by atoms with Crippen molar-refractivity contribution in [1.82, 2.24) is 4.72 Å². The maximum absolute atomic E-state index is 12.5. The van der Waals surface area contributed by atoms with Crippen LogP contribution in [0.4, 0.5) is 5.69 Å². The van der Waals surface area contributed by atoms with Crippen molar-refractivity contribution in [2.24, 2.45) is 0 Å². The summed E-state index contributed by atoms with van der Waals surface area (Å²) in [6.07, 6.45) is 0.767. The molecule has 0 heterocycles. The molecule has 2 N–H and O–H groups in total. The molecule has 6 nitrogen and oxygen atoms in total. The van der Waals surface area contributed by atoms with E-state index in [9.17, 15) is 13.2 Å². The van der Waals surface area contributed by atoms with Crippen LogP contribution in [-0.4, -0.2) is 27.0 Å². The number of aryl methyl sites for hydroxylation is 2. The van der Waals surface area contributed by atoms with Crippen LogP contribution in [0.2, 0.25) is 0 Å². The Hall–Kier alpha value is -2.38. The Kier molecular flexibility index (Phi) is 6.98. The lowest BCUT2D eigenvalue weighted by Crippen LogP contribution is -2.41. The van der Waals surface area contributed by atoms with Gasteiger partial charge in [0.2, 0.25) is 15.9 Å². The van der Waals surface area contributed by atoms with Gasteiger partial charge in [-0.1, -0.05) is 25.1 Å². The summed E-state index contributed by atoms with van der Waals surface area (Å²) in [6, 6.07) is 10.9. The molecule has 0 fully saturated rings. The van der Waals surface area contributed by atoms with Crippen molar-refractivity contribution in [2.45, 2.75) is 45.1 Å². The van der Waals surface area contributed by atoms with Crippen LogP contribution in [0.5, 0.6) is 5.75 Å². The predicted octanol–water partition coefficient (Wildman–Crippen LogP) is 3.26. The Morgan fingerprint density at radius 3 is 2.37 bits per heavy atom. The molecule has 1 atom stereocenters. The Morgan fingerprint density at radius 2 is 1.78 bits per heavy atom. The largest absolute Gasteiger partial charge is 0.494 e. The maximum atomic E-state index is 12.5. The van der Waals surface area contributed by atoms with Crippen molar-refractivity contribution in [3.63, 3.8) is 0 Å². The lowest BCUT2D eigenvalue weighted by Gasteiger charge is -2.17. The topological polar surface area (TPSA) is 84.5 Å². The zero-order chi connectivity index (χ0) is 20.0. The van der Waals surface area contributed by atoms with Crippen molar-refractivity contribution in [3.8, 4) is 5.75 Å². The van der Waals surface area contributed by atoms with E-state index in [0.717, 1.165) is 23.2 Å². The van der Waals surface area contributed by atoms with Gasteiger partial charge in [0.1, 0.15) is 5.75 Å². The number of ether oxygens (including phenoxy) is 1. The first-order chi connectivity index (χ1) is 12.8. The lowest BCUT2D eigenvalue weighted by molar-refractivity contribution is -0.117. The standard InChI is InChI=1S/C20H26N2O4S/c1-5-16-9-7-8-14(3)19(16)21-20(23)15(4)22-27(24,25)18-12-10-17(11-13-18)26-6-2/h7-13,15,22H,5-6H2,1-4H3,(H,21,23)/t15-/m1/s1. The van der Waals surface area contributed by atoms with Gasteiger partial charge in [-0.2, -0.15) is 4.72 Å². The molecular weight excluding hydrogens is 364 g/mol. The number of hydrogen-bond acceptors (Lipinski definition) is 4. The maximum Gasteiger partial charge on any atom is 0.242 e. The summed E-state index contributed by atoms with van der Waals surface area (Å²) >= 11 is 0. The molecular formula is C20H26N2O4S. The molecule has 2 aromatic rings. The van der Waals surface area contributed by atoms with E-state index >= 15 is 0 Å². The number of para-hydroxylation sites is 1. The van der Waals surface area contributed by atoms with E-state index in [2.05, 4.69) is 10.0 Å². The molecule has 0 saturated heterocycles. The van der Waals surface area contributed by atoms with Crippen LogP contribution in [0.15, 0.2) is 47.4 Å². The number of rotatable bonds is 8. The second-order valence-corrected chi connectivity index (χ2v) is 7.91. The molecule has 0 aliphatic rings. The van der Waals surface area contributed by atoms with E-state index in [1.165, 1.54) is 19.1 Å². The Balaban J connectivity index is 2.11. The van der Waals surface area contributed by atoms with Gasteiger partial charge in [-0.25, -0.2) is 8.42 Å². The highest BCUT2D eigenvalue weighted by Crippen LogP contribution is 2.21. The Morgan fingerprint density at radius 1 is 1.11 bits per heavy atom. The fraction of sp³-hybridized carbons (Fsp3) is 0.350. The molecule has 0 saturated carbocycles.